The third kappa shape index (κ3) is 9.41. The van der Waals surface area contributed by atoms with E-state index in [4.69, 9.17) is 16.2 Å². The van der Waals surface area contributed by atoms with Gasteiger partial charge >= 0.3 is 0 Å². The number of hydrogen-bond acceptors (Lipinski definition) is 11. The molecule has 1 fully saturated rings. The van der Waals surface area contributed by atoms with Crippen molar-refractivity contribution in [2.75, 3.05) is 77.0 Å². The summed E-state index contributed by atoms with van der Waals surface area (Å²) < 4.78 is 5.67. The molecule has 6 N–H and O–H groups in total. The van der Waals surface area contributed by atoms with Crippen molar-refractivity contribution in [3.05, 3.63) is 76.9 Å². The Balaban J connectivity index is 1.47. The van der Waals surface area contributed by atoms with Gasteiger partial charge in [0.15, 0.2) is 0 Å². The molecule has 1 aliphatic carbocycles. The number of hydrogen-bond donors (Lipinski definition) is 4. The number of nitrogens with one attached hydrogen (secondary N) is 2. The van der Waals surface area contributed by atoms with E-state index in [-0.39, 0.29) is 30.6 Å². The predicted octanol–water partition coefficient (Wildman–Crippen LogP) is 3.45. The Kier molecular flexibility index (Phi) is 13.9. The average Bonchev–Trinajstić information content (AvgIpc) is 3.59. The number of fused-ring (bicyclic) bond motifs is 2. The van der Waals surface area contributed by atoms with Crippen LogP contribution in [0.15, 0.2) is 75.6 Å². The summed E-state index contributed by atoms with van der Waals surface area (Å²) in [5.74, 6) is -1.13. The molecule has 0 radical (unpaired) electrons. The molecule has 0 saturated carbocycles. The monoisotopic (exact) mass is 755 g/mol. The molecule has 4 heterocycles. The quantitative estimate of drug-likeness (QED) is 0.225. The Labute approximate surface area is 321 Å². The number of morpholine rings is 1. The number of pyridine rings is 1. The molecular formula is C40H53N9O4S. The molecule has 2 aromatic heterocycles. The van der Waals surface area contributed by atoms with E-state index in [1.54, 1.807) is 34.6 Å². The summed E-state index contributed by atoms with van der Waals surface area (Å²) in [7, 11) is 0. The van der Waals surface area contributed by atoms with Crippen molar-refractivity contribution >= 4 is 52.2 Å². The maximum absolute atomic E-state index is 15.2. The number of Topliss-reactive ketones (excluding diaryl/α,β-unsaturated/α-hetero) is 1. The molecule has 2 aliphatic heterocycles. The number of para-hydroxylation sites is 1. The Bertz CT molecular complexity index is 1870. The van der Waals surface area contributed by atoms with E-state index in [0.29, 0.717) is 102 Å². The van der Waals surface area contributed by atoms with Crippen molar-refractivity contribution in [3.63, 3.8) is 0 Å². The topological polar surface area (TPSA) is 175 Å². The summed E-state index contributed by atoms with van der Waals surface area (Å²) in [6.45, 7) is 7.18. The average molecular weight is 756 g/mol. The first-order valence-corrected chi connectivity index (χ1v) is 19.9. The standard InChI is InChI=1S/C40H53N9O4S/c1-28-32(21-29-25-46-33-8-3-2-7-31(29)33)35(50)22-36-38(28)40(52)49(14-5-4-9-41)27-37(51)48(15-6-10-42)16-13-43-11-12-44-23-30-24-45-26-34(39(30)54-36)47-17-19-53-20-18-47/h2-3,7-8,11-12,23-26,28,32,43,46H,4-6,9-10,13-22,27,41-42H2,1H3/b12-11-,44-23-/t28?,32-/m0/s1. The number of anilines is 1. The third-order valence-electron chi connectivity index (χ3n) is 10.4. The van der Waals surface area contributed by atoms with E-state index < -0.39 is 11.8 Å². The highest BCUT2D eigenvalue weighted by Gasteiger charge is 2.40. The van der Waals surface area contributed by atoms with Crippen LogP contribution >= 0.6 is 11.8 Å². The molecule has 13 nitrogen and oxygen atoms in total. The lowest BCUT2D eigenvalue weighted by molar-refractivity contribution is -0.139. The lowest BCUT2D eigenvalue weighted by Gasteiger charge is -2.36. The highest BCUT2D eigenvalue weighted by atomic mass is 32.2. The number of nitrogens with two attached hydrogens (primary N) is 2. The molecule has 2 atom stereocenters. The maximum atomic E-state index is 15.2. The number of ketones is 1. The SMILES string of the molecule is CC1C2=C(CC(=O)[C@H]1Cc1c[nH]c3ccccc13)Sc1c(cncc1N1CCOCC1)/C=N\C=C/NCCN(CCCN)C(=O)CN(CCCCN)C2=O. The van der Waals surface area contributed by atoms with Gasteiger partial charge in [-0.25, -0.2) is 0 Å². The molecule has 288 valence electrons. The van der Waals surface area contributed by atoms with Gasteiger partial charge in [0.2, 0.25) is 5.91 Å². The molecule has 0 spiro atoms. The summed E-state index contributed by atoms with van der Waals surface area (Å²) in [5, 5.41) is 4.30. The zero-order chi connectivity index (χ0) is 37.9. The van der Waals surface area contributed by atoms with E-state index >= 15 is 4.79 Å². The smallest absolute Gasteiger partial charge is 0.251 e. The van der Waals surface area contributed by atoms with E-state index in [0.717, 1.165) is 32.6 Å². The molecule has 3 aromatic rings. The Hall–Kier alpha value is -4.50. The van der Waals surface area contributed by atoms with Crippen molar-refractivity contribution in [1.29, 1.82) is 0 Å². The van der Waals surface area contributed by atoms with Crippen LogP contribution in [0.1, 0.15) is 43.7 Å². The molecular weight excluding hydrogens is 703 g/mol. The van der Waals surface area contributed by atoms with Crippen LogP contribution in [-0.4, -0.2) is 116 Å². The minimum atomic E-state index is -0.433. The van der Waals surface area contributed by atoms with E-state index in [1.165, 1.54) is 11.8 Å². The van der Waals surface area contributed by atoms with Gasteiger partial charge in [-0.3, -0.25) is 24.4 Å². The molecule has 54 heavy (non-hydrogen) atoms. The molecule has 2 amide bonds. The number of carbonyl (C=O) groups is 3. The normalized spacial score (nSPS) is 21.8. The number of aromatic nitrogens is 2. The molecule has 1 unspecified atom stereocenters. The fourth-order valence-electron chi connectivity index (χ4n) is 7.44. The number of aromatic amines is 1. The summed E-state index contributed by atoms with van der Waals surface area (Å²) >= 11 is 1.45. The van der Waals surface area contributed by atoms with Gasteiger partial charge in [0.05, 0.1) is 25.1 Å². The second kappa shape index (κ2) is 19.2. The van der Waals surface area contributed by atoms with E-state index in [9.17, 15) is 9.59 Å². The highest BCUT2D eigenvalue weighted by Crippen LogP contribution is 2.46. The second-order valence-electron chi connectivity index (χ2n) is 14.0. The summed E-state index contributed by atoms with van der Waals surface area (Å²) in [5.41, 5.74) is 16.1. The summed E-state index contributed by atoms with van der Waals surface area (Å²) in [4.78, 5) is 63.4. The van der Waals surface area contributed by atoms with Crippen molar-refractivity contribution in [2.24, 2.45) is 28.3 Å². The first-order chi connectivity index (χ1) is 26.4. The second-order valence-corrected chi connectivity index (χ2v) is 15.1. The number of unbranched alkanes of at least 4 members (excludes halogenated alkanes) is 1. The number of carbonyl (C=O) groups excluding carboxylic acids is 3. The van der Waals surface area contributed by atoms with Gasteiger partial charge in [0.25, 0.3) is 5.91 Å². The lowest BCUT2D eigenvalue weighted by atomic mass is 9.75. The molecule has 1 saturated heterocycles. The van der Waals surface area contributed by atoms with Gasteiger partial charge in [-0.1, -0.05) is 36.9 Å². The van der Waals surface area contributed by atoms with Gasteiger partial charge in [0.1, 0.15) is 12.3 Å². The molecule has 0 bridgehead atoms. The summed E-state index contributed by atoms with van der Waals surface area (Å²) in [6.07, 6.45) is 13.4. The number of aliphatic imine (C=N–C) groups is 1. The number of thioether (sulfide) groups is 1. The van der Waals surface area contributed by atoms with Gasteiger partial charge in [-0.15, -0.1) is 0 Å². The number of ether oxygens (including phenoxy) is 1. The molecule has 1 aromatic carbocycles. The minimum absolute atomic E-state index is 0.0817. The maximum Gasteiger partial charge on any atom is 0.251 e. The molecule has 14 heteroatoms. The number of H-pyrrole nitrogens is 1. The van der Waals surface area contributed by atoms with Crippen LogP contribution in [0.4, 0.5) is 5.69 Å². The number of nitrogens with zero attached hydrogens (tertiary/aromatic N) is 5. The molecule has 3 aliphatic rings. The van der Waals surface area contributed by atoms with Crippen LogP contribution in [0.3, 0.4) is 0 Å². The van der Waals surface area contributed by atoms with Crippen LogP contribution in [0, 0.1) is 11.8 Å². The lowest BCUT2D eigenvalue weighted by Crippen LogP contribution is -2.47. The zero-order valence-corrected chi connectivity index (χ0v) is 32.0. The first kappa shape index (κ1) is 39.2. The van der Waals surface area contributed by atoms with Gasteiger partial charge in [0, 0.05) is 114 Å². The fourth-order valence-corrected chi connectivity index (χ4v) is 8.79. The van der Waals surface area contributed by atoms with Crippen LogP contribution in [0.25, 0.3) is 10.9 Å². The number of benzene rings is 1. The van der Waals surface area contributed by atoms with Crippen molar-refractivity contribution in [2.45, 2.75) is 43.9 Å². The Morgan fingerprint density at radius 2 is 1.78 bits per heavy atom. The number of rotatable bonds is 10. The van der Waals surface area contributed by atoms with E-state index in [2.05, 4.69) is 31.2 Å². The fraction of sp³-hybridized carbons (Fsp3) is 0.475. The predicted molar refractivity (Wildman–Crippen MR) is 214 cm³/mol. The van der Waals surface area contributed by atoms with Gasteiger partial charge < -0.3 is 41.2 Å². The third-order valence-corrected chi connectivity index (χ3v) is 11.7. The Morgan fingerprint density at radius 1 is 0.981 bits per heavy atom. The zero-order valence-electron chi connectivity index (χ0n) is 31.2. The summed E-state index contributed by atoms with van der Waals surface area (Å²) in [6, 6.07) is 8.07. The Morgan fingerprint density at radius 3 is 2.59 bits per heavy atom. The number of amides is 2. The minimum Gasteiger partial charge on any atom is -0.388 e. The van der Waals surface area contributed by atoms with Crippen molar-refractivity contribution < 1.29 is 19.1 Å². The largest absolute Gasteiger partial charge is 0.388 e. The van der Waals surface area contributed by atoms with E-state index in [1.807, 2.05) is 37.5 Å². The first-order valence-electron chi connectivity index (χ1n) is 19.1. The van der Waals surface area contributed by atoms with Crippen LogP contribution in [0.5, 0.6) is 0 Å². The van der Waals surface area contributed by atoms with Crippen LogP contribution < -0.4 is 21.7 Å². The van der Waals surface area contributed by atoms with Crippen molar-refractivity contribution in [3.8, 4) is 0 Å². The molecule has 6 rings (SSSR count). The van der Waals surface area contributed by atoms with Crippen LogP contribution in [-0.2, 0) is 25.5 Å². The van der Waals surface area contributed by atoms with Gasteiger partial charge in [-0.2, -0.15) is 0 Å². The van der Waals surface area contributed by atoms with Crippen LogP contribution in [0.2, 0.25) is 0 Å². The number of allylic oxidation sites excluding steroid dienone is 1. The highest BCUT2D eigenvalue weighted by molar-refractivity contribution is 8.03. The van der Waals surface area contributed by atoms with Gasteiger partial charge in [-0.05, 0) is 56.3 Å². The van der Waals surface area contributed by atoms with Crippen molar-refractivity contribution in [1.82, 2.24) is 25.1 Å².